The Morgan fingerprint density at radius 3 is 1.31 bits per heavy atom. The molecule has 0 saturated carbocycles. The fourth-order valence-electron chi connectivity index (χ4n) is 3.33. The maximum absolute atomic E-state index is 12.0. The van der Waals surface area contributed by atoms with Crippen molar-refractivity contribution in [1.82, 2.24) is 4.90 Å². The lowest BCUT2D eigenvalue weighted by atomic mass is 10.3. The van der Waals surface area contributed by atoms with Gasteiger partial charge in [-0.05, 0) is 69.9 Å². The molecule has 0 bridgehead atoms. The van der Waals surface area contributed by atoms with Gasteiger partial charge in [0.25, 0.3) is 0 Å². The first-order chi connectivity index (χ1) is 24.6. The Kier molecular flexibility index (Phi) is 25.6. The largest absolute Gasteiger partial charge is 0.530 e. The van der Waals surface area contributed by atoms with Gasteiger partial charge in [-0.25, -0.2) is 18.7 Å². The molecule has 0 saturated heterocycles. The number of esters is 2. The maximum atomic E-state index is 12.0. The summed E-state index contributed by atoms with van der Waals surface area (Å²) in [6.07, 6.45) is 0. The van der Waals surface area contributed by atoms with Crippen molar-refractivity contribution in [2.45, 2.75) is 34.6 Å². The van der Waals surface area contributed by atoms with Gasteiger partial charge in [-0.3, -0.25) is 4.52 Å². The molecule has 0 spiro atoms. The second-order valence-corrected chi connectivity index (χ2v) is 14.9. The molecular weight excluding hydrogens is 732 g/mol. The van der Waals surface area contributed by atoms with Crippen molar-refractivity contribution >= 4 is 37.7 Å². The molecule has 12 nitrogen and oxygen atoms in total. The van der Waals surface area contributed by atoms with Crippen LogP contribution in [0.3, 0.4) is 0 Å². The first-order valence-electron chi connectivity index (χ1n) is 16.3. The minimum Gasteiger partial charge on any atom is -0.460 e. The average molecular weight is 784 g/mol. The fourth-order valence-corrected chi connectivity index (χ4v) is 5.55. The van der Waals surface area contributed by atoms with E-state index in [-0.39, 0.29) is 26.4 Å². The summed E-state index contributed by atoms with van der Waals surface area (Å²) in [5.74, 6) is 0.318. The minimum atomic E-state index is -3.66. The van der Waals surface area contributed by atoms with Gasteiger partial charge >= 0.3 is 26.5 Å². The number of hydrogen-bond donors (Lipinski definition) is 1. The van der Waals surface area contributed by atoms with E-state index in [0.717, 1.165) is 0 Å². The molecule has 0 aliphatic carbocycles. The minimum absolute atomic E-state index is 0.000366. The number of carbonyl (C=O) groups excluding carboxylic acids is 2. The van der Waals surface area contributed by atoms with Crippen LogP contribution < -0.4 is 13.6 Å². The number of aliphatic hydroxyl groups is 1. The number of ether oxygens (including phenoxy) is 2. The number of carbonyl (C=O) groups is 2. The SMILES string of the molecule is C=C(C)C(=O)OCCO.C=C(C)C(=O)OCCOP(C)(=O)Oc1ccccc1.CCN(CC)CC.O=P(Cl)(Oc1ccccc1)Oc1ccccc1. The van der Waals surface area contributed by atoms with E-state index in [4.69, 9.17) is 39.2 Å². The van der Waals surface area contributed by atoms with Crippen LogP contribution in [0, 0.1) is 0 Å². The first-order valence-corrected chi connectivity index (χ1v) is 20.8. The van der Waals surface area contributed by atoms with Crippen LogP contribution in [0.2, 0.25) is 0 Å². The van der Waals surface area contributed by atoms with Crippen LogP contribution in [0.5, 0.6) is 17.2 Å². The molecule has 3 aromatic rings. The van der Waals surface area contributed by atoms with Crippen molar-refractivity contribution < 1.29 is 51.4 Å². The van der Waals surface area contributed by atoms with Crippen molar-refractivity contribution in [3.63, 3.8) is 0 Å². The van der Waals surface area contributed by atoms with E-state index in [0.29, 0.717) is 28.4 Å². The first kappa shape index (κ1) is 48.1. The second kappa shape index (κ2) is 27.7. The summed E-state index contributed by atoms with van der Waals surface area (Å²) in [6, 6.07) is 26.0. The van der Waals surface area contributed by atoms with Crippen LogP contribution in [0.1, 0.15) is 34.6 Å². The van der Waals surface area contributed by atoms with E-state index in [1.54, 1.807) is 86.6 Å². The van der Waals surface area contributed by atoms with Gasteiger partial charge in [0.2, 0.25) is 0 Å². The highest BCUT2D eigenvalue weighted by atomic mass is 35.7. The van der Waals surface area contributed by atoms with Crippen LogP contribution in [0.4, 0.5) is 0 Å². The third-order valence-corrected chi connectivity index (χ3v) is 8.40. The highest BCUT2D eigenvalue weighted by Gasteiger charge is 2.24. The van der Waals surface area contributed by atoms with Crippen LogP contribution >= 0.6 is 25.8 Å². The van der Waals surface area contributed by atoms with Gasteiger partial charge in [0.15, 0.2) is 0 Å². The Morgan fingerprint density at radius 1 is 0.654 bits per heavy atom. The number of benzene rings is 3. The molecule has 3 rings (SSSR count). The molecule has 0 radical (unpaired) electrons. The van der Waals surface area contributed by atoms with Crippen LogP contribution in [-0.2, 0) is 32.7 Å². The van der Waals surface area contributed by atoms with E-state index < -0.39 is 26.5 Å². The van der Waals surface area contributed by atoms with E-state index in [2.05, 4.69) is 43.6 Å². The number of aliphatic hydroxyl groups excluding tert-OH is 1. The fraction of sp³-hybridized carbons (Fsp3) is 0.351. The molecule has 52 heavy (non-hydrogen) atoms. The Balaban J connectivity index is 0.000000719. The quantitative estimate of drug-likeness (QED) is 0.0603. The zero-order chi connectivity index (χ0) is 39.4. The van der Waals surface area contributed by atoms with Crippen molar-refractivity contribution in [2.75, 3.05) is 52.7 Å². The van der Waals surface area contributed by atoms with E-state index in [9.17, 15) is 18.7 Å². The van der Waals surface area contributed by atoms with Gasteiger partial charge in [-0.1, -0.05) is 88.5 Å². The van der Waals surface area contributed by atoms with Crippen LogP contribution in [-0.4, -0.2) is 74.7 Å². The lowest BCUT2D eigenvalue weighted by molar-refractivity contribution is -0.140. The summed E-state index contributed by atoms with van der Waals surface area (Å²) in [4.78, 5) is 23.9. The van der Waals surface area contributed by atoms with Crippen molar-refractivity contribution in [2.24, 2.45) is 0 Å². The second-order valence-electron chi connectivity index (χ2n) is 10.4. The molecule has 1 atom stereocenters. The van der Waals surface area contributed by atoms with Gasteiger partial charge in [0.1, 0.15) is 30.5 Å². The topological polar surface area (TPSA) is 147 Å². The molecule has 0 aromatic heterocycles. The molecule has 15 heteroatoms. The van der Waals surface area contributed by atoms with Gasteiger partial charge in [-0.2, -0.15) is 0 Å². The molecule has 0 amide bonds. The number of para-hydroxylation sites is 3. The maximum Gasteiger partial charge on any atom is 0.530 e. The smallest absolute Gasteiger partial charge is 0.460 e. The lowest BCUT2D eigenvalue weighted by Crippen LogP contribution is -2.21. The highest BCUT2D eigenvalue weighted by molar-refractivity contribution is 7.82. The summed E-state index contributed by atoms with van der Waals surface area (Å²) in [6.45, 7) is 17.6. The number of rotatable bonds is 17. The number of nitrogens with zero attached hydrogens (tertiary/aromatic N) is 1. The van der Waals surface area contributed by atoms with Crippen molar-refractivity contribution in [1.29, 1.82) is 0 Å². The molecular formula is C37H52ClNO11P2. The number of hydrogen-bond acceptors (Lipinski definition) is 12. The van der Waals surface area contributed by atoms with Crippen LogP contribution in [0.25, 0.3) is 0 Å². The molecule has 1 unspecified atom stereocenters. The third kappa shape index (κ3) is 25.1. The summed E-state index contributed by atoms with van der Waals surface area (Å²) in [7, 11) is -3.21. The molecule has 0 heterocycles. The van der Waals surface area contributed by atoms with E-state index in [1.807, 2.05) is 18.2 Å². The zero-order valence-electron chi connectivity index (χ0n) is 30.8. The lowest BCUT2D eigenvalue weighted by Gasteiger charge is -2.15. The van der Waals surface area contributed by atoms with E-state index >= 15 is 0 Å². The highest BCUT2D eigenvalue weighted by Crippen LogP contribution is 2.53. The standard InChI is InChI=1S/C13H17O5P.C12H10ClO3P.C6H15N.C6H10O3/c1-11(2)13(14)16-9-10-17-19(3,15)18-12-7-5-4-6-8-12;13-17(14,15-11-7-3-1-4-8-11)16-12-9-5-2-6-10-12;1-4-7(5-2)6-3;1-5(2)6(8)9-4-3-7/h4-8H,1,9-10H2,2-3H3;1-10H;4-6H2,1-3H3;7H,1,3-4H2,2H3. The molecule has 3 aromatic carbocycles. The predicted molar refractivity (Wildman–Crippen MR) is 206 cm³/mol. The van der Waals surface area contributed by atoms with Gasteiger partial charge < -0.3 is 33.1 Å². The zero-order valence-corrected chi connectivity index (χ0v) is 33.3. The van der Waals surface area contributed by atoms with Gasteiger partial charge in [0, 0.05) is 29.1 Å². The molecule has 288 valence electrons. The van der Waals surface area contributed by atoms with Crippen molar-refractivity contribution in [3.05, 3.63) is 115 Å². The average Bonchev–Trinajstić information content (AvgIpc) is 3.11. The summed E-state index contributed by atoms with van der Waals surface area (Å²) < 4.78 is 53.6. The Morgan fingerprint density at radius 2 is 1.00 bits per heavy atom. The summed E-state index contributed by atoms with van der Waals surface area (Å²) in [5, 5.41) is 8.19. The normalized spacial score (nSPS) is 11.3. The Bertz CT molecular complexity index is 1490. The Labute approximate surface area is 313 Å². The van der Waals surface area contributed by atoms with Crippen LogP contribution in [0.15, 0.2) is 115 Å². The summed E-state index contributed by atoms with van der Waals surface area (Å²) in [5.41, 5.74) is 0.656. The van der Waals surface area contributed by atoms with E-state index in [1.165, 1.54) is 26.3 Å². The molecule has 0 fully saturated rings. The Hall–Kier alpha value is -3.89. The number of halogens is 1. The monoisotopic (exact) mass is 783 g/mol. The molecule has 1 N–H and O–H groups in total. The summed E-state index contributed by atoms with van der Waals surface area (Å²) >= 11 is 5.72. The van der Waals surface area contributed by atoms with Gasteiger partial charge in [0.05, 0.1) is 13.2 Å². The predicted octanol–water partition coefficient (Wildman–Crippen LogP) is 8.96. The molecule has 0 aliphatic heterocycles. The third-order valence-electron chi connectivity index (χ3n) is 5.94. The van der Waals surface area contributed by atoms with Crippen molar-refractivity contribution in [3.8, 4) is 17.2 Å². The molecule has 0 aliphatic rings. The van der Waals surface area contributed by atoms with Gasteiger partial charge in [-0.15, -0.1) is 0 Å².